The smallest absolute Gasteiger partial charge is 0.128 e. The summed E-state index contributed by atoms with van der Waals surface area (Å²) < 4.78 is 0. The van der Waals surface area contributed by atoms with Gasteiger partial charge in [0.2, 0.25) is 0 Å². The Morgan fingerprint density at radius 2 is 2.12 bits per heavy atom. The van der Waals surface area contributed by atoms with Crippen LogP contribution in [0.2, 0.25) is 0 Å². The lowest BCUT2D eigenvalue weighted by Gasteiger charge is -2.25. The van der Waals surface area contributed by atoms with Crippen LogP contribution in [0.25, 0.3) is 0 Å². The number of aromatic nitrogens is 1. The summed E-state index contributed by atoms with van der Waals surface area (Å²) >= 11 is 0. The molecule has 0 spiro atoms. The molecule has 1 aromatic rings. The van der Waals surface area contributed by atoms with E-state index in [9.17, 15) is 0 Å². The first kappa shape index (κ1) is 13.0. The number of nitrogens with two attached hydrogens (primary N) is 1. The average Bonchev–Trinajstić information content (AvgIpc) is 2.21. The molecule has 0 saturated carbocycles. The maximum Gasteiger partial charge on any atom is 0.128 e. The van der Waals surface area contributed by atoms with Gasteiger partial charge in [0.1, 0.15) is 5.82 Å². The van der Waals surface area contributed by atoms with Gasteiger partial charge in [-0.3, -0.25) is 0 Å². The van der Waals surface area contributed by atoms with Crippen LogP contribution >= 0.6 is 0 Å². The van der Waals surface area contributed by atoms with E-state index >= 15 is 0 Å². The minimum absolute atomic E-state index is 0.300. The summed E-state index contributed by atoms with van der Waals surface area (Å²) in [7, 11) is 0. The maximum atomic E-state index is 5.98. The van der Waals surface area contributed by atoms with Crippen molar-refractivity contribution < 1.29 is 0 Å². The summed E-state index contributed by atoms with van der Waals surface area (Å²) in [6, 6.07) is 2.32. The average molecular weight is 221 g/mol. The Morgan fingerprint density at radius 1 is 1.44 bits per heavy atom. The summed E-state index contributed by atoms with van der Waals surface area (Å²) in [4.78, 5) is 4.19. The SMILES string of the molecule is CCCNC(c1c(C)ccnc1N)C(C)C. The zero-order valence-electron chi connectivity index (χ0n) is 10.7. The zero-order chi connectivity index (χ0) is 12.1. The van der Waals surface area contributed by atoms with Gasteiger partial charge in [-0.15, -0.1) is 0 Å². The quantitative estimate of drug-likeness (QED) is 0.803. The zero-order valence-corrected chi connectivity index (χ0v) is 10.7. The van der Waals surface area contributed by atoms with Crippen molar-refractivity contribution in [2.75, 3.05) is 12.3 Å². The third kappa shape index (κ3) is 2.95. The molecule has 0 amide bonds. The fourth-order valence-corrected chi connectivity index (χ4v) is 1.97. The predicted octanol–water partition coefficient (Wildman–Crippen LogP) is 2.67. The van der Waals surface area contributed by atoms with Gasteiger partial charge in [-0.1, -0.05) is 20.8 Å². The molecule has 0 aliphatic rings. The van der Waals surface area contributed by atoms with Crippen LogP contribution in [0.15, 0.2) is 12.3 Å². The molecule has 1 heterocycles. The molecule has 0 fully saturated rings. The van der Waals surface area contributed by atoms with Gasteiger partial charge in [-0.25, -0.2) is 4.98 Å². The molecule has 0 radical (unpaired) electrons. The highest BCUT2D eigenvalue weighted by molar-refractivity contribution is 5.46. The first-order valence-electron chi connectivity index (χ1n) is 6.02. The molecule has 0 aliphatic heterocycles. The maximum absolute atomic E-state index is 5.98. The highest BCUT2D eigenvalue weighted by Crippen LogP contribution is 2.28. The van der Waals surface area contributed by atoms with Gasteiger partial charge in [-0.2, -0.15) is 0 Å². The molecule has 3 nitrogen and oxygen atoms in total. The van der Waals surface area contributed by atoms with Gasteiger partial charge in [0, 0.05) is 17.8 Å². The number of pyridine rings is 1. The first-order chi connectivity index (χ1) is 7.57. The molecule has 90 valence electrons. The van der Waals surface area contributed by atoms with Gasteiger partial charge < -0.3 is 11.1 Å². The van der Waals surface area contributed by atoms with Gasteiger partial charge in [0.25, 0.3) is 0 Å². The van der Waals surface area contributed by atoms with E-state index < -0.39 is 0 Å². The second kappa shape index (κ2) is 5.85. The summed E-state index contributed by atoms with van der Waals surface area (Å²) in [6.07, 6.45) is 2.90. The lowest BCUT2D eigenvalue weighted by atomic mass is 9.93. The van der Waals surface area contributed by atoms with E-state index in [-0.39, 0.29) is 0 Å². The third-order valence-corrected chi connectivity index (χ3v) is 2.83. The Balaban J connectivity index is 3.00. The van der Waals surface area contributed by atoms with Gasteiger partial charge in [-0.05, 0) is 37.4 Å². The summed E-state index contributed by atoms with van der Waals surface area (Å²) in [5.41, 5.74) is 8.36. The minimum Gasteiger partial charge on any atom is -0.383 e. The van der Waals surface area contributed by atoms with Gasteiger partial charge >= 0.3 is 0 Å². The van der Waals surface area contributed by atoms with Crippen LogP contribution in [0.1, 0.15) is 44.4 Å². The Kier molecular flexibility index (Phi) is 4.74. The molecule has 1 unspecified atom stereocenters. The standard InChI is InChI=1S/C13H23N3/c1-5-7-15-12(9(2)3)11-10(4)6-8-16-13(11)14/h6,8-9,12,15H,5,7H2,1-4H3,(H2,14,16). The number of hydrogen-bond acceptors (Lipinski definition) is 3. The number of anilines is 1. The van der Waals surface area contributed by atoms with E-state index in [0.29, 0.717) is 17.8 Å². The van der Waals surface area contributed by atoms with Crippen LogP contribution in [-0.4, -0.2) is 11.5 Å². The van der Waals surface area contributed by atoms with Crippen LogP contribution in [0.3, 0.4) is 0 Å². The molecule has 3 N–H and O–H groups in total. The first-order valence-corrected chi connectivity index (χ1v) is 6.02. The molecule has 3 heteroatoms. The molecule has 0 aromatic carbocycles. The Labute approximate surface area is 98.5 Å². The van der Waals surface area contributed by atoms with Crippen LogP contribution in [-0.2, 0) is 0 Å². The summed E-state index contributed by atoms with van der Waals surface area (Å²) in [5.74, 6) is 1.17. The Bertz CT molecular complexity index is 314. The van der Waals surface area contributed by atoms with Crippen LogP contribution in [0.4, 0.5) is 5.82 Å². The monoisotopic (exact) mass is 221 g/mol. The second-order valence-corrected chi connectivity index (χ2v) is 4.60. The molecule has 1 atom stereocenters. The molecule has 0 bridgehead atoms. The molecular weight excluding hydrogens is 198 g/mol. The normalized spacial score (nSPS) is 13.1. The van der Waals surface area contributed by atoms with E-state index in [1.807, 2.05) is 6.07 Å². The van der Waals surface area contributed by atoms with Crippen molar-refractivity contribution >= 4 is 5.82 Å². The van der Waals surface area contributed by atoms with Crippen molar-refractivity contribution in [3.8, 4) is 0 Å². The lowest BCUT2D eigenvalue weighted by molar-refractivity contribution is 0.411. The predicted molar refractivity (Wildman–Crippen MR) is 69.3 cm³/mol. The number of nitrogens with one attached hydrogen (secondary N) is 1. The molecule has 0 saturated heterocycles. The topological polar surface area (TPSA) is 50.9 Å². The largest absolute Gasteiger partial charge is 0.383 e. The lowest BCUT2D eigenvalue weighted by Crippen LogP contribution is -2.28. The van der Waals surface area contributed by atoms with E-state index in [1.165, 1.54) is 5.56 Å². The van der Waals surface area contributed by atoms with Crippen molar-refractivity contribution in [1.29, 1.82) is 0 Å². The number of nitrogens with zero attached hydrogens (tertiary/aromatic N) is 1. The van der Waals surface area contributed by atoms with E-state index in [1.54, 1.807) is 6.20 Å². The summed E-state index contributed by atoms with van der Waals surface area (Å²) in [5, 5.41) is 3.55. The number of nitrogen functional groups attached to an aromatic ring is 1. The van der Waals surface area contributed by atoms with Crippen molar-refractivity contribution in [3.05, 3.63) is 23.4 Å². The molecule has 1 aromatic heterocycles. The van der Waals surface area contributed by atoms with Crippen molar-refractivity contribution in [1.82, 2.24) is 10.3 Å². The number of hydrogen-bond donors (Lipinski definition) is 2. The van der Waals surface area contributed by atoms with Crippen molar-refractivity contribution in [3.63, 3.8) is 0 Å². The van der Waals surface area contributed by atoms with Crippen molar-refractivity contribution in [2.24, 2.45) is 5.92 Å². The van der Waals surface area contributed by atoms with Crippen LogP contribution in [0.5, 0.6) is 0 Å². The van der Waals surface area contributed by atoms with Crippen molar-refractivity contribution in [2.45, 2.75) is 40.2 Å². The van der Waals surface area contributed by atoms with Gasteiger partial charge in [0.05, 0.1) is 0 Å². The minimum atomic E-state index is 0.300. The second-order valence-electron chi connectivity index (χ2n) is 4.60. The molecular formula is C13H23N3. The highest BCUT2D eigenvalue weighted by atomic mass is 14.9. The van der Waals surface area contributed by atoms with Gasteiger partial charge in [0.15, 0.2) is 0 Å². The van der Waals surface area contributed by atoms with Crippen LogP contribution in [0, 0.1) is 12.8 Å². The fourth-order valence-electron chi connectivity index (χ4n) is 1.97. The number of aryl methyl sites for hydroxylation is 1. The fraction of sp³-hybridized carbons (Fsp3) is 0.615. The van der Waals surface area contributed by atoms with E-state index in [4.69, 9.17) is 5.73 Å². The number of rotatable bonds is 5. The van der Waals surface area contributed by atoms with Crippen LogP contribution < -0.4 is 11.1 Å². The van der Waals surface area contributed by atoms with E-state index in [0.717, 1.165) is 18.5 Å². The third-order valence-electron chi connectivity index (χ3n) is 2.83. The molecule has 1 rings (SSSR count). The Morgan fingerprint density at radius 3 is 2.62 bits per heavy atom. The van der Waals surface area contributed by atoms with E-state index in [2.05, 4.69) is 38.0 Å². The molecule has 0 aliphatic carbocycles. The Hall–Kier alpha value is -1.09. The summed E-state index contributed by atoms with van der Waals surface area (Å²) in [6.45, 7) is 9.69. The molecule has 16 heavy (non-hydrogen) atoms. The highest BCUT2D eigenvalue weighted by Gasteiger charge is 2.19.